The number of hydrogen-bond donors (Lipinski definition) is 0. The molecule has 0 aromatic carbocycles. The minimum absolute atomic E-state index is 0.00486. The van der Waals surface area contributed by atoms with Crippen LogP contribution in [0.15, 0.2) is 5.38 Å². The number of thiophene rings is 1. The Morgan fingerprint density at radius 1 is 1.75 bits per heavy atom. The SMILES string of the molecule is Cc1csc(C(=O)N(C)[C@@H](C)CC#N)c1I. The molecule has 0 N–H and O–H groups in total. The quantitative estimate of drug-likeness (QED) is 0.788. The maximum absolute atomic E-state index is 12.1. The molecule has 0 saturated heterocycles. The third kappa shape index (κ3) is 2.74. The van der Waals surface area contributed by atoms with Gasteiger partial charge < -0.3 is 4.90 Å². The van der Waals surface area contributed by atoms with Crippen LogP contribution in [-0.4, -0.2) is 23.9 Å². The van der Waals surface area contributed by atoms with E-state index in [0.717, 1.165) is 14.0 Å². The van der Waals surface area contributed by atoms with E-state index in [4.69, 9.17) is 5.26 Å². The molecule has 1 aromatic rings. The molecule has 0 aliphatic carbocycles. The summed E-state index contributed by atoms with van der Waals surface area (Å²) in [4.78, 5) is 14.5. The zero-order valence-corrected chi connectivity index (χ0v) is 12.4. The smallest absolute Gasteiger partial charge is 0.265 e. The molecular formula is C11H13IN2OS. The van der Waals surface area contributed by atoms with Crippen molar-refractivity contribution in [1.82, 2.24) is 4.90 Å². The molecule has 0 unspecified atom stereocenters. The van der Waals surface area contributed by atoms with Crippen LogP contribution in [0.4, 0.5) is 0 Å². The lowest BCUT2D eigenvalue weighted by atomic mass is 10.2. The largest absolute Gasteiger partial charge is 0.337 e. The minimum Gasteiger partial charge on any atom is -0.337 e. The van der Waals surface area contributed by atoms with Crippen LogP contribution in [0.5, 0.6) is 0 Å². The average Bonchev–Trinajstić information content (AvgIpc) is 2.58. The maximum atomic E-state index is 12.1. The number of halogens is 1. The van der Waals surface area contributed by atoms with E-state index in [0.29, 0.717) is 6.42 Å². The Balaban J connectivity index is 2.87. The summed E-state index contributed by atoms with van der Waals surface area (Å²) in [5, 5.41) is 10.6. The summed E-state index contributed by atoms with van der Waals surface area (Å²) in [5.41, 5.74) is 1.13. The molecule has 16 heavy (non-hydrogen) atoms. The standard InChI is InChI=1S/C11H13IN2OS/c1-7-6-16-10(9(7)12)11(15)14(3)8(2)4-5-13/h6,8H,4H2,1-3H3/t8-/m0/s1. The third-order valence-electron chi connectivity index (χ3n) is 2.46. The fraction of sp³-hybridized carbons (Fsp3) is 0.455. The molecule has 1 amide bonds. The molecule has 1 aromatic heterocycles. The number of rotatable bonds is 3. The van der Waals surface area contributed by atoms with Crippen LogP contribution < -0.4 is 0 Å². The molecule has 0 spiro atoms. The number of carbonyl (C=O) groups is 1. The van der Waals surface area contributed by atoms with Crippen molar-refractivity contribution in [1.29, 1.82) is 5.26 Å². The Morgan fingerprint density at radius 2 is 2.38 bits per heavy atom. The van der Waals surface area contributed by atoms with Gasteiger partial charge in [-0.2, -0.15) is 5.26 Å². The monoisotopic (exact) mass is 348 g/mol. The summed E-state index contributed by atoms with van der Waals surface area (Å²) in [6, 6.07) is 2.04. The lowest BCUT2D eigenvalue weighted by molar-refractivity contribution is 0.0750. The average molecular weight is 348 g/mol. The summed E-state index contributed by atoms with van der Waals surface area (Å²) in [6.45, 7) is 3.88. The Labute approximate surface area is 113 Å². The zero-order chi connectivity index (χ0) is 12.3. The molecule has 0 bridgehead atoms. The highest BCUT2D eigenvalue weighted by Crippen LogP contribution is 2.25. The van der Waals surface area contributed by atoms with Crippen molar-refractivity contribution in [2.45, 2.75) is 26.3 Å². The second-order valence-electron chi connectivity index (χ2n) is 3.69. The molecule has 5 heteroatoms. The highest BCUT2D eigenvalue weighted by molar-refractivity contribution is 14.1. The Morgan fingerprint density at radius 3 is 2.81 bits per heavy atom. The van der Waals surface area contributed by atoms with Gasteiger partial charge >= 0.3 is 0 Å². The minimum atomic E-state index is -0.0456. The molecule has 0 aliphatic heterocycles. The summed E-state index contributed by atoms with van der Waals surface area (Å²) in [6.07, 6.45) is 0.364. The molecule has 0 saturated carbocycles. The molecule has 0 fully saturated rings. The maximum Gasteiger partial charge on any atom is 0.265 e. The predicted octanol–water partition coefficient (Wildman–Crippen LogP) is 3.04. The summed E-state index contributed by atoms with van der Waals surface area (Å²) >= 11 is 3.66. The van der Waals surface area contributed by atoms with Crippen molar-refractivity contribution in [3.8, 4) is 6.07 Å². The van der Waals surface area contributed by atoms with E-state index in [-0.39, 0.29) is 11.9 Å². The molecule has 1 heterocycles. The highest BCUT2D eigenvalue weighted by atomic mass is 127. The van der Waals surface area contributed by atoms with Crippen molar-refractivity contribution in [2.75, 3.05) is 7.05 Å². The van der Waals surface area contributed by atoms with Crippen molar-refractivity contribution >= 4 is 39.8 Å². The molecule has 3 nitrogen and oxygen atoms in total. The van der Waals surface area contributed by atoms with Crippen LogP contribution in [0.25, 0.3) is 0 Å². The topological polar surface area (TPSA) is 44.1 Å². The van der Waals surface area contributed by atoms with Crippen molar-refractivity contribution < 1.29 is 4.79 Å². The van der Waals surface area contributed by atoms with Gasteiger partial charge in [0.2, 0.25) is 0 Å². The van der Waals surface area contributed by atoms with Gasteiger partial charge in [0.05, 0.1) is 12.5 Å². The first-order valence-corrected chi connectivity index (χ1v) is 6.82. The van der Waals surface area contributed by atoms with E-state index in [9.17, 15) is 4.79 Å². The third-order valence-corrected chi connectivity index (χ3v) is 5.30. The molecule has 0 radical (unpaired) electrons. The summed E-state index contributed by atoms with van der Waals surface area (Å²) in [5.74, 6) is 0.00486. The summed E-state index contributed by atoms with van der Waals surface area (Å²) in [7, 11) is 1.75. The van der Waals surface area contributed by atoms with Crippen molar-refractivity contribution in [3.63, 3.8) is 0 Å². The second-order valence-corrected chi connectivity index (χ2v) is 5.65. The van der Waals surface area contributed by atoms with E-state index in [1.54, 1.807) is 11.9 Å². The van der Waals surface area contributed by atoms with Crippen molar-refractivity contribution in [3.05, 3.63) is 19.4 Å². The van der Waals surface area contributed by atoms with Crippen molar-refractivity contribution in [2.24, 2.45) is 0 Å². The van der Waals surface area contributed by atoms with Crippen LogP contribution in [-0.2, 0) is 0 Å². The highest BCUT2D eigenvalue weighted by Gasteiger charge is 2.21. The van der Waals surface area contributed by atoms with Gasteiger partial charge in [-0.3, -0.25) is 4.79 Å². The van der Waals surface area contributed by atoms with Gasteiger partial charge in [0.1, 0.15) is 4.88 Å². The fourth-order valence-corrected chi connectivity index (χ4v) is 3.10. The molecular weight excluding hydrogens is 335 g/mol. The predicted molar refractivity (Wildman–Crippen MR) is 73.6 cm³/mol. The van der Waals surface area contributed by atoms with Crippen LogP contribution in [0.2, 0.25) is 0 Å². The first kappa shape index (κ1) is 13.5. The number of carbonyl (C=O) groups excluding carboxylic acids is 1. The van der Waals surface area contributed by atoms with Crippen LogP contribution >= 0.6 is 33.9 Å². The first-order chi connectivity index (χ1) is 7.49. The number of hydrogen-bond acceptors (Lipinski definition) is 3. The Bertz CT molecular complexity index is 436. The van der Waals surface area contributed by atoms with E-state index in [1.165, 1.54) is 11.3 Å². The Hall–Kier alpha value is -0.610. The van der Waals surface area contributed by atoms with Gasteiger partial charge in [0.15, 0.2) is 0 Å². The number of amides is 1. The number of nitrogens with zero attached hydrogens (tertiary/aromatic N) is 2. The van der Waals surface area contributed by atoms with Crippen LogP contribution in [0.3, 0.4) is 0 Å². The van der Waals surface area contributed by atoms with Gasteiger partial charge in [-0.1, -0.05) is 0 Å². The van der Waals surface area contributed by atoms with E-state index in [1.807, 2.05) is 19.2 Å². The van der Waals surface area contributed by atoms with Crippen LogP contribution in [0, 0.1) is 21.8 Å². The second kappa shape index (κ2) is 5.64. The van der Waals surface area contributed by atoms with Gasteiger partial charge in [-0.05, 0) is 47.4 Å². The number of nitriles is 1. The van der Waals surface area contributed by atoms with Gasteiger partial charge in [-0.25, -0.2) is 0 Å². The molecule has 1 atom stereocenters. The fourth-order valence-electron chi connectivity index (χ4n) is 1.20. The summed E-state index contributed by atoms with van der Waals surface area (Å²) < 4.78 is 1.02. The van der Waals surface area contributed by atoms with E-state index < -0.39 is 0 Å². The lowest BCUT2D eigenvalue weighted by Gasteiger charge is -2.22. The normalized spacial score (nSPS) is 11.9. The van der Waals surface area contributed by atoms with E-state index in [2.05, 4.69) is 28.7 Å². The van der Waals surface area contributed by atoms with Gasteiger partial charge in [-0.15, -0.1) is 11.3 Å². The van der Waals surface area contributed by atoms with E-state index >= 15 is 0 Å². The van der Waals surface area contributed by atoms with Gasteiger partial charge in [0, 0.05) is 16.7 Å². The molecule has 1 rings (SSSR count). The lowest BCUT2D eigenvalue weighted by Crippen LogP contribution is -2.34. The number of aryl methyl sites for hydroxylation is 1. The zero-order valence-electron chi connectivity index (χ0n) is 9.45. The first-order valence-electron chi connectivity index (χ1n) is 4.86. The molecule has 0 aliphatic rings. The molecule has 86 valence electrons. The van der Waals surface area contributed by atoms with Gasteiger partial charge in [0.25, 0.3) is 5.91 Å². The Kier molecular flexibility index (Phi) is 4.74. The van der Waals surface area contributed by atoms with Crippen LogP contribution in [0.1, 0.15) is 28.6 Å².